The minimum Gasteiger partial charge on any atom is -0.395 e. The molecule has 0 aliphatic carbocycles. The van der Waals surface area contributed by atoms with Crippen molar-refractivity contribution >= 4 is 23.5 Å². The Labute approximate surface area is 175 Å². The maximum absolute atomic E-state index is 10.8. The molecule has 1 aliphatic rings. The first-order valence-corrected chi connectivity index (χ1v) is 10.0. The molecule has 1 aliphatic heterocycles. The molecule has 1 amide bonds. The van der Waals surface area contributed by atoms with Crippen LogP contribution in [0.3, 0.4) is 0 Å². The van der Waals surface area contributed by atoms with Crippen molar-refractivity contribution in [1.29, 1.82) is 0 Å². The molecule has 0 bridgehead atoms. The normalized spacial score (nSPS) is 24.1. The number of nitrogens with zero attached hydrogens (tertiary/aromatic N) is 4. The van der Waals surface area contributed by atoms with E-state index in [1.165, 1.54) is 0 Å². The molecular formula is C19H30N6O5. The molecule has 1 aromatic carbocycles. The summed E-state index contributed by atoms with van der Waals surface area (Å²) in [7, 11) is 0. The van der Waals surface area contributed by atoms with Crippen LogP contribution in [0.25, 0.3) is 10.4 Å². The molecule has 4 atom stereocenters. The summed E-state index contributed by atoms with van der Waals surface area (Å²) in [6.07, 6.45) is 0.758. The van der Waals surface area contributed by atoms with Crippen LogP contribution in [0, 0.1) is 0 Å². The van der Waals surface area contributed by atoms with E-state index < -0.39 is 24.4 Å². The quantitative estimate of drug-likeness (QED) is 0.0954. The van der Waals surface area contributed by atoms with Crippen molar-refractivity contribution in [3.05, 3.63) is 28.6 Å². The molecule has 0 radical (unpaired) electrons. The number of hydrogen-bond acceptors (Lipinski definition) is 8. The number of rotatable bonds is 12. The van der Waals surface area contributed by atoms with Gasteiger partial charge >= 0.3 is 0 Å². The van der Waals surface area contributed by atoms with Gasteiger partial charge in [-0.1, -0.05) is 24.0 Å². The average molecular weight is 422 g/mol. The fourth-order valence-electron chi connectivity index (χ4n) is 3.64. The van der Waals surface area contributed by atoms with Gasteiger partial charge in [0.25, 0.3) is 0 Å². The standard InChI is InChI=1S/C19H30N6O5/c20-24-23-13-5-6-14(15(9-13)22-12-27)21-7-3-1-2-4-8-25-10-17(28)19(30)18(29)16(25)11-26/h5-6,9,12,16-19,21,26,28-30H,1-4,7-8,10-11H2,(H,22,27)/t16-,17+,18-,19-/m1/s1. The highest BCUT2D eigenvalue weighted by Gasteiger charge is 2.40. The monoisotopic (exact) mass is 422 g/mol. The van der Waals surface area contributed by atoms with Gasteiger partial charge in [-0.05, 0) is 37.1 Å². The SMILES string of the molecule is [N-]=[N+]=Nc1ccc(NCCCCCCN2C[C@H](O)[C@@H](O)[C@H](O)[C@H]2CO)c(NC=O)c1. The van der Waals surface area contributed by atoms with Crippen molar-refractivity contribution in [2.45, 2.75) is 50.0 Å². The third kappa shape index (κ3) is 6.56. The summed E-state index contributed by atoms with van der Waals surface area (Å²) in [6.45, 7) is 1.27. The van der Waals surface area contributed by atoms with Crippen LogP contribution in [-0.4, -0.2) is 82.3 Å². The number of azide groups is 1. The zero-order valence-electron chi connectivity index (χ0n) is 16.8. The second kappa shape index (κ2) is 12.3. The second-order valence-corrected chi connectivity index (χ2v) is 7.32. The van der Waals surface area contributed by atoms with Gasteiger partial charge in [0.2, 0.25) is 6.41 Å². The van der Waals surface area contributed by atoms with Crippen LogP contribution >= 0.6 is 0 Å². The minimum absolute atomic E-state index is 0.226. The molecule has 6 N–H and O–H groups in total. The van der Waals surface area contributed by atoms with Crippen LogP contribution in [0.4, 0.5) is 17.1 Å². The summed E-state index contributed by atoms with van der Waals surface area (Å²) in [5.41, 5.74) is 10.2. The average Bonchev–Trinajstić information content (AvgIpc) is 2.73. The fraction of sp³-hybridized carbons (Fsp3) is 0.632. The first-order valence-electron chi connectivity index (χ1n) is 10.0. The molecule has 1 heterocycles. The number of anilines is 2. The van der Waals surface area contributed by atoms with Crippen molar-refractivity contribution in [3.63, 3.8) is 0 Å². The maximum atomic E-state index is 10.8. The van der Waals surface area contributed by atoms with Crippen molar-refractivity contribution in [2.75, 3.05) is 36.9 Å². The number of piperidine rings is 1. The van der Waals surface area contributed by atoms with E-state index in [1.807, 2.05) is 4.90 Å². The number of hydrogen-bond donors (Lipinski definition) is 6. The Hall–Kier alpha value is -2.40. The Morgan fingerprint density at radius 3 is 2.63 bits per heavy atom. The Morgan fingerprint density at radius 1 is 1.17 bits per heavy atom. The third-order valence-corrected chi connectivity index (χ3v) is 5.28. The predicted octanol–water partition coefficient (Wildman–Crippen LogP) is 0.928. The number of likely N-dealkylation sites (tertiary alicyclic amines) is 1. The van der Waals surface area contributed by atoms with E-state index in [1.54, 1.807) is 18.2 Å². The molecule has 1 fully saturated rings. The van der Waals surface area contributed by atoms with Crippen LogP contribution in [0.15, 0.2) is 23.3 Å². The molecule has 0 aromatic heterocycles. The van der Waals surface area contributed by atoms with E-state index in [9.17, 15) is 25.2 Å². The third-order valence-electron chi connectivity index (χ3n) is 5.28. The number of unbranched alkanes of at least 4 members (excludes halogenated alkanes) is 3. The van der Waals surface area contributed by atoms with Gasteiger partial charge in [0, 0.05) is 23.7 Å². The van der Waals surface area contributed by atoms with Crippen LogP contribution in [-0.2, 0) is 4.79 Å². The van der Waals surface area contributed by atoms with Gasteiger partial charge in [-0.25, -0.2) is 0 Å². The van der Waals surface area contributed by atoms with Crippen molar-refractivity contribution in [1.82, 2.24) is 4.90 Å². The highest BCUT2D eigenvalue weighted by molar-refractivity contribution is 5.82. The van der Waals surface area contributed by atoms with Crippen LogP contribution < -0.4 is 10.6 Å². The number of nitrogens with one attached hydrogen (secondary N) is 2. The number of aliphatic hydroxyl groups is 4. The lowest BCUT2D eigenvalue weighted by Gasteiger charge is -2.43. The molecule has 166 valence electrons. The van der Waals surface area contributed by atoms with Gasteiger partial charge in [-0.3, -0.25) is 9.69 Å². The van der Waals surface area contributed by atoms with Crippen molar-refractivity contribution in [3.8, 4) is 0 Å². The summed E-state index contributed by atoms with van der Waals surface area (Å²) in [5.74, 6) is 0. The largest absolute Gasteiger partial charge is 0.395 e. The zero-order chi connectivity index (χ0) is 21.9. The van der Waals surface area contributed by atoms with Crippen molar-refractivity contribution in [2.24, 2.45) is 5.11 Å². The molecular weight excluding hydrogens is 392 g/mol. The molecule has 1 aromatic rings. The minimum atomic E-state index is -1.23. The lowest BCUT2D eigenvalue weighted by Crippen LogP contribution is -2.62. The first kappa shape index (κ1) is 23.9. The molecule has 11 nitrogen and oxygen atoms in total. The van der Waals surface area contributed by atoms with Crippen LogP contribution in [0.2, 0.25) is 0 Å². The molecule has 0 unspecified atom stereocenters. The number of aliphatic hydroxyl groups excluding tert-OH is 4. The van der Waals surface area contributed by atoms with Gasteiger partial charge in [-0.2, -0.15) is 0 Å². The lowest BCUT2D eigenvalue weighted by molar-refractivity contribution is -0.145. The van der Waals surface area contributed by atoms with E-state index in [-0.39, 0.29) is 13.2 Å². The first-order chi connectivity index (χ1) is 14.5. The molecule has 0 spiro atoms. The number of amides is 1. The van der Waals surface area contributed by atoms with E-state index in [2.05, 4.69) is 20.7 Å². The summed E-state index contributed by atoms with van der Waals surface area (Å²) in [4.78, 5) is 15.3. The smallest absolute Gasteiger partial charge is 0.211 e. The second-order valence-electron chi connectivity index (χ2n) is 7.32. The predicted molar refractivity (Wildman–Crippen MR) is 112 cm³/mol. The summed E-state index contributed by atoms with van der Waals surface area (Å²) < 4.78 is 0. The van der Waals surface area contributed by atoms with Gasteiger partial charge in [0.05, 0.1) is 30.1 Å². The van der Waals surface area contributed by atoms with E-state index >= 15 is 0 Å². The summed E-state index contributed by atoms with van der Waals surface area (Å²) >= 11 is 0. The number of carbonyl (C=O) groups is 1. The van der Waals surface area contributed by atoms with E-state index in [0.717, 1.165) is 31.4 Å². The van der Waals surface area contributed by atoms with Crippen LogP contribution in [0.5, 0.6) is 0 Å². The Kier molecular flexibility index (Phi) is 9.81. The van der Waals surface area contributed by atoms with Crippen molar-refractivity contribution < 1.29 is 25.2 Å². The fourth-order valence-corrected chi connectivity index (χ4v) is 3.64. The molecule has 0 saturated carbocycles. The Bertz CT molecular complexity index is 729. The van der Waals surface area contributed by atoms with Crippen LogP contribution in [0.1, 0.15) is 25.7 Å². The molecule has 2 rings (SSSR count). The zero-order valence-corrected chi connectivity index (χ0v) is 16.8. The summed E-state index contributed by atoms with van der Waals surface area (Å²) in [5, 5.41) is 48.4. The van der Waals surface area contributed by atoms with Gasteiger partial charge in [0.15, 0.2) is 0 Å². The van der Waals surface area contributed by atoms with E-state index in [0.29, 0.717) is 30.9 Å². The number of carbonyl (C=O) groups excluding carboxylic acids is 1. The lowest BCUT2D eigenvalue weighted by atomic mass is 9.94. The maximum Gasteiger partial charge on any atom is 0.211 e. The number of benzene rings is 1. The van der Waals surface area contributed by atoms with Gasteiger partial charge < -0.3 is 31.1 Å². The highest BCUT2D eigenvalue weighted by Crippen LogP contribution is 2.27. The molecule has 30 heavy (non-hydrogen) atoms. The highest BCUT2D eigenvalue weighted by atomic mass is 16.4. The number of β-amino-alcohol motifs (C(OH)–C–C–N with tert-alkyl or cyclic N) is 1. The van der Waals surface area contributed by atoms with Gasteiger partial charge in [-0.15, -0.1) is 0 Å². The topological polar surface area (TPSA) is 174 Å². The Balaban J connectivity index is 1.71. The van der Waals surface area contributed by atoms with E-state index in [4.69, 9.17) is 5.53 Å². The Morgan fingerprint density at radius 2 is 1.93 bits per heavy atom. The summed E-state index contributed by atoms with van der Waals surface area (Å²) in [6, 6.07) is 4.43. The molecule has 11 heteroatoms. The van der Waals surface area contributed by atoms with Gasteiger partial charge in [0.1, 0.15) is 12.2 Å². The molecule has 1 saturated heterocycles.